The molecule has 1 aromatic heterocycles. The van der Waals surface area contributed by atoms with E-state index in [1.165, 1.54) is 0 Å². The van der Waals surface area contributed by atoms with Crippen LogP contribution >= 0.6 is 0 Å². The van der Waals surface area contributed by atoms with Crippen LogP contribution in [0.4, 0.5) is 5.95 Å². The first-order valence-corrected chi connectivity index (χ1v) is 8.02. The molecular formula is C16H15N5O3. The number of aromatic nitrogens is 4. The first-order valence-electron chi connectivity index (χ1n) is 8.02. The lowest BCUT2D eigenvalue weighted by molar-refractivity contribution is -0.116. The van der Waals surface area contributed by atoms with E-state index in [-0.39, 0.29) is 11.8 Å². The molecular weight excluding hydrogens is 310 g/mol. The van der Waals surface area contributed by atoms with Crippen molar-refractivity contribution in [3.63, 3.8) is 0 Å². The van der Waals surface area contributed by atoms with E-state index in [1.807, 2.05) is 18.2 Å². The van der Waals surface area contributed by atoms with E-state index in [4.69, 9.17) is 9.47 Å². The number of nitrogens with zero attached hydrogens (tertiary/aromatic N) is 4. The molecule has 2 aliphatic heterocycles. The van der Waals surface area contributed by atoms with Crippen LogP contribution in [0.1, 0.15) is 30.9 Å². The lowest BCUT2D eigenvalue weighted by Gasteiger charge is -2.32. The van der Waals surface area contributed by atoms with Gasteiger partial charge in [0.15, 0.2) is 17.3 Å². The highest BCUT2D eigenvalue weighted by Crippen LogP contribution is 2.41. The van der Waals surface area contributed by atoms with E-state index in [1.54, 1.807) is 4.68 Å². The predicted octanol–water partition coefficient (Wildman–Crippen LogP) is 1.47. The van der Waals surface area contributed by atoms with Crippen LogP contribution in [0, 0.1) is 0 Å². The van der Waals surface area contributed by atoms with Crippen LogP contribution in [-0.4, -0.2) is 39.2 Å². The molecule has 0 fully saturated rings. The zero-order valence-electron chi connectivity index (χ0n) is 12.9. The second kappa shape index (κ2) is 5.05. The van der Waals surface area contributed by atoms with Gasteiger partial charge in [0, 0.05) is 17.7 Å². The Labute approximate surface area is 137 Å². The molecule has 3 aliphatic rings. The Kier molecular flexibility index (Phi) is 2.85. The fourth-order valence-corrected chi connectivity index (χ4v) is 3.56. The van der Waals surface area contributed by atoms with Gasteiger partial charge in [-0.1, -0.05) is 11.2 Å². The molecule has 0 saturated heterocycles. The first kappa shape index (κ1) is 13.5. The highest BCUT2D eigenvalue weighted by atomic mass is 16.6. The maximum atomic E-state index is 12.6. The van der Waals surface area contributed by atoms with E-state index in [2.05, 4.69) is 20.8 Å². The van der Waals surface area contributed by atoms with Gasteiger partial charge >= 0.3 is 0 Å². The van der Waals surface area contributed by atoms with Gasteiger partial charge in [0.05, 0.1) is 0 Å². The Hall–Kier alpha value is -2.90. The summed E-state index contributed by atoms with van der Waals surface area (Å²) in [4.78, 5) is 12.6. The minimum atomic E-state index is -0.338. The number of hydrogen-bond donors (Lipinski definition) is 1. The number of carbonyl (C=O) groups excluding carboxylic acids is 1. The number of ketones is 1. The lowest BCUT2D eigenvalue weighted by Crippen LogP contribution is -2.31. The smallest absolute Gasteiger partial charge is 0.248 e. The fourth-order valence-electron chi connectivity index (χ4n) is 3.56. The predicted molar refractivity (Wildman–Crippen MR) is 82.9 cm³/mol. The number of benzene rings is 1. The first-order chi connectivity index (χ1) is 11.8. The molecule has 8 nitrogen and oxygen atoms in total. The summed E-state index contributed by atoms with van der Waals surface area (Å²) in [5.41, 5.74) is 2.59. The van der Waals surface area contributed by atoms with E-state index in [0.29, 0.717) is 31.3 Å². The van der Waals surface area contributed by atoms with Gasteiger partial charge in [0.2, 0.25) is 5.95 Å². The summed E-state index contributed by atoms with van der Waals surface area (Å²) in [6.07, 6.45) is 2.23. The maximum Gasteiger partial charge on any atom is 0.248 e. The monoisotopic (exact) mass is 325 g/mol. The molecule has 0 saturated carbocycles. The van der Waals surface area contributed by atoms with E-state index in [9.17, 15) is 4.79 Å². The molecule has 1 atom stereocenters. The fraction of sp³-hybridized carbons (Fsp3) is 0.375. The summed E-state index contributed by atoms with van der Waals surface area (Å²) < 4.78 is 12.9. The van der Waals surface area contributed by atoms with Crippen molar-refractivity contribution < 1.29 is 14.3 Å². The van der Waals surface area contributed by atoms with Crippen LogP contribution in [-0.2, 0) is 4.79 Å². The normalized spacial score (nSPS) is 21.8. The summed E-state index contributed by atoms with van der Waals surface area (Å²) >= 11 is 0. The Morgan fingerprint density at radius 3 is 2.96 bits per heavy atom. The standard InChI is InChI=1S/C16H15N5O3/c22-11-3-1-2-10-14(11)15(21-16(17-10)18-19-20-21)9-4-5-12-13(8-9)24-7-6-23-12/h4-5,8,15H,1-3,6-7H2,(H,17,18,20). The van der Waals surface area contributed by atoms with Crippen molar-refractivity contribution in [2.45, 2.75) is 25.3 Å². The number of allylic oxidation sites excluding steroid dienone is 2. The van der Waals surface area contributed by atoms with Gasteiger partial charge in [-0.2, -0.15) is 4.68 Å². The number of tetrazole rings is 1. The molecule has 3 heterocycles. The number of ether oxygens (including phenoxy) is 2. The second-order valence-electron chi connectivity index (χ2n) is 6.05. The Balaban J connectivity index is 1.67. The number of anilines is 1. The van der Waals surface area contributed by atoms with Gasteiger partial charge in [0.1, 0.15) is 19.3 Å². The number of carbonyl (C=O) groups is 1. The molecule has 122 valence electrons. The summed E-state index contributed by atoms with van der Waals surface area (Å²) in [5.74, 6) is 2.12. The molecule has 1 aliphatic carbocycles. The Morgan fingerprint density at radius 1 is 1.17 bits per heavy atom. The molecule has 0 radical (unpaired) electrons. The number of Topliss-reactive ketones (excluding diaryl/α,β-unsaturated/α-hetero) is 1. The maximum absolute atomic E-state index is 12.6. The van der Waals surface area contributed by atoms with Crippen molar-refractivity contribution >= 4 is 11.7 Å². The summed E-state index contributed by atoms with van der Waals surface area (Å²) in [6, 6.07) is 5.41. The van der Waals surface area contributed by atoms with E-state index < -0.39 is 0 Å². The van der Waals surface area contributed by atoms with E-state index in [0.717, 1.165) is 35.4 Å². The summed E-state index contributed by atoms with van der Waals surface area (Å²) in [6.45, 7) is 1.07. The molecule has 24 heavy (non-hydrogen) atoms. The molecule has 0 amide bonds. The summed E-state index contributed by atoms with van der Waals surface area (Å²) in [7, 11) is 0. The lowest BCUT2D eigenvalue weighted by atomic mass is 9.85. The van der Waals surface area contributed by atoms with Gasteiger partial charge < -0.3 is 14.8 Å². The van der Waals surface area contributed by atoms with Crippen LogP contribution in [0.25, 0.3) is 0 Å². The SMILES string of the molecule is O=C1CCCC2=C1C(c1ccc3c(c1)OCCO3)n1nnnc1N2. The van der Waals surface area contributed by atoms with Crippen molar-refractivity contribution in [1.29, 1.82) is 0 Å². The average molecular weight is 325 g/mol. The molecule has 1 aromatic carbocycles. The van der Waals surface area contributed by atoms with Crippen LogP contribution < -0.4 is 14.8 Å². The van der Waals surface area contributed by atoms with Crippen LogP contribution in [0.3, 0.4) is 0 Å². The van der Waals surface area contributed by atoms with Gasteiger partial charge in [-0.25, -0.2) is 0 Å². The Bertz CT molecular complexity index is 872. The van der Waals surface area contributed by atoms with Crippen molar-refractivity contribution in [3.8, 4) is 11.5 Å². The topological polar surface area (TPSA) is 91.2 Å². The zero-order valence-corrected chi connectivity index (χ0v) is 12.9. The summed E-state index contributed by atoms with van der Waals surface area (Å²) in [5, 5.41) is 15.1. The third-order valence-corrected chi connectivity index (χ3v) is 4.61. The van der Waals surface area contributed by atoms with Crippen molar-refractivity contribution in [1.82, 2.24) is 20.2 Å². The number of fused-ring (bicyclic) bond motifs is 2. The molecule has 2 aromatic rings. The Morgan fingerprint density at radius 2 is 2.04 bits per heavy atom. The minimum Gasteiger partial charge on any atom is -0.486 e. The van der Waals surface area contributed by atoms with Gasteiger partial charge in [-0.3, -0.25) is 4.79 Å². The molecule has 1 unspecified atom stereocenters. The van der Waals surface area contributed by atoms with Crippen molar-refractivity contribution in [3.05, 3.63) is 35.0 Å². The highest BCUT2D eigenvalue weighted by molar-refractivity contribution is 5.99. The van der Waals surface area contributed by atoms with Crippen LogP contribution in [0.2, 0.25) is 0 Å². The minimum absolute atomic E-state index is 0.143. The number of nitrogens with one attached hydrogen (secondary N) is 1. The second-order valence-corrected chi connectivity index (χ2v) is 6.05. The third-order valence-electron chi connectivity index (χ3n) is 4.61. The van der Waals surface area contributed by atoms with Gasteiger partial charge in [-0.05, 0) is 41.0 Å². The van der Waals surface area contributed by atoms with E-state index >= 15 is 0 Å². The van der Waals surface area contributed by atoms with Crippen LogP contribution in [0.5, 0.6) is 11.5 Å². The number of rotatable bonds is 1. The molecule has 0 spiro atoms. The largest absolute Gasteiger partial charge is 0.486 e. The third kappa shape index (κ3) is 1.92. The molecule has 8 heteroatoms. The van der Waals surface area contributed by atoms with Crippen molar-refractivity contribution in [2.75, 3.05) is 18.5 Å². The molecule has 1 N–H and O–H groups in total. The zero-order chi connectivity index (χ0) is 16.1. The van der Waals surface area contributed by atoms with Crippen molar-refractivity contribution in [2.24, 2.45) is 0 Å². The number of hydrogen-bond acceptors (Lipinski definition) is 7. The molecule has 0 bridgehead atoms. The molecule has 5 rings (SSSR count). The van der Waals surface area contributed by atoms with Gasteiger partial charge in [0.25, 0.3) is 0 Å². The highest BCUT2D eigenvalue weighted by Gasteiger charge is 2.37. The average Bonchev–Trinajstić information content (AvgIpc) is 3.08. The quantitative estimate of drug-likeness (QED) is 0.849. The van der Waals surface area contributed by atoms with Crippen LogP contribution in [0.15, 0.2) is 29.5 Å². The van der Waals surface area contributed by atoms with Gasteiger partial charge in [-0.15, -0.1) is 0 Å².